The summed E-state index contributed by atoms with van der Waals surface area (Å²) < 4.78 is 7.63. The van der Waals surface area contributed by atoms with Crippen LogP contribution >= 0.6 is 0 Å². The summed E-state index contributed by atoms with van der Waals surface area (Å²) in [4.78, 5) is 18.4. The molecule has 1 N–H and O–H groups in total. The Morgan fingerprint density at radius 1 is 1.06 bits per heavy atom. The molecule has 4 aromatic rings. The lowest BCUT2D eigenvalue weighted by molar-refractivity contribution is 0.0914. The maximum Gasteiger partial charge on any atom is 0.252 e. The van der Waals surface area contributed by atoms with Gasteiger partial charge in [-0.3, -0.25) is 9.69 Å². The maximum absolute atomic E-state index is 13.1. The highest BCUT2D eigenvalue weighted by atomic mass is 16.5. The average Bonchev–Trinajstić information content (AvgIpc) is 3.51. The second-order valence-electron chi connectivity index (χ2n) is 9.65. The zero-order chi connectivity index (χ0) is 24.4. The second-order valence-corrected chi connectivity index (χ2v) is 9.65. The van der Waals surface area contributed by atoms with Gasteiger partial charge in [0.05, 0.1) is 24.7 Å². The van der Waals surface area contributed by atoms with E-state index >= 15 is 0 Å². The van der Waals surface area contributed by atoms with E-state index < -0.39 is 0 Å². The predicted molar refractivity (Wildman–Crippen MR) is 135 cm³/mol. The van der Waals surface area contributed by atoms with Gasteiger partial charge in [0.2, 0.25) is 0 Å². The number of nitrogens with zero attached hydrogens (tertiary/aromatic N) is 5. The molecule has 5 rings (SSSR count). The molecule has 8 nitrogen and oxygen atoms in total. The van der Waals surface area contributed by atoms with Crippen molar-refractivity contribution in [3.63, 3.8) is 0 Å². The van der Waals surface area contributed by atoms with Crippen molar-refractivity contribution < 1.29 is 4.74 Å². The Morgan fingerprint density at radius 2 is 1.86 bits per heavy atom. The van der Waals surface area contributed by atoms with E-state index in [9.17, 15) is 4.79 Å². The van der Waals surface area contributed by atoms with Crippen LogP contribution in [0.4, 0.5) is 0 Å². The lowest BCUT2D eigenvalue weighted by Gasteiger charge is -2.22. The molecule has 0 bridgehead atoms. The predicted octanol–water partition coefficient (Wildman–Crippen LogP) is 3.82. The van der Waals surface area contributed by atoms with Crippen LogP contribution in [0.5, 0.6) is 0 Å². The molecule has 2 aromatic carbocycles. The molecule has 1 fully saturated rings. The van der Waals surface area contributed by atoms with Crippen molar-refractivity contribution in [3.05, 3.63) is 86.5 Å². The molecule has 1 atom stereocenters. The Balaban J connectivity index is 1.45. The van der Waals surface area contributed by atoms with Gasteiger partial charge in [-0.15, -0.1) is 5.10 Å². The average molecular weight is 473 g/mol. The fourth-order valence-electron chi connectivity index (χ4n) is 4.76. The summed E-state index contributed by atoms with van der Waals surface area (Å²) in [7, 11) is 0. The Kier molecular flexibility index (Phi) is 6.74. The number of aromatic nitrogens is 5. The van der Waals surface area contributed by atoms with E-state index in [1.807, 2.05) is 23.7 Å². The van der Waals surface area contributed by atoms with E-state index in [1.54, 1.807) is 0 Å². The first-order chi connectivity index (χ1) is 17.0. The van der Waals surface area contributed by atoms with Gasteiger partial charge in [0, 0.05) is 30.6 Å². The van der Waals surface area contributed by atoms with Crippen LogP contribution in [0.2, 0.25) is 0 Å². The molecule has 1 aliphatic rings. The summed E-state index contributed by atoms with van der Waals surface area (Å²) in [6.45, 7) is 9.32. The molecule has 8 heteroatoms. The second kappa shape index (κ2) is 10.1. The minimum absolute atomic E-state index is 0.0564. The van der Waals surface area contributed by atoms with Gasteiger partial charge in [-0.1, -0.05) is 42.0 Å². The van der Waals surface area contributed by atoms with Crippen LogP contribution in [0.25, 0.3) is 10.9 Å². The number of hydrogen-bond acceptors (Lipinski definition) is 6. The number of fused-ring (bicyclic) bond motifs is 1. The van der Waals surface area contributed by atoms with Crippen molar-refractivity contribution in [2.45, 2.75) is 65.9 Å². The SMILES string of the molecule is Cc1ccc(CN(Cc2cc3c(C)ccc(C)c3[nH]c2=O)Cc2nnnn2C[C@@H]2CCCO2)cc1. The number of rotatable bonds is 8. The van der Waals surface area contributed by atoms with E-state index in [1.165, 1.54) is 11.1 Å². The van der Waals surface area contributed by atoms with Crippen molar-refractivity contribution in [2.75, 3.05) is 6.61 Å². The van der Waals surface area contributed by atoms with Gasteiger partial charge in [0.15, 0.2) is 5.82 Å². The first-order valence-corrected chi connectivity index (χ1v) is 12.2. The number of benzene rings is 2. The van der Waals surface area contributed by atoms with Crippen molar-refractivity contribution in [3.8, 4) is 0 Å². The lowest BCUT2D eigenvalue weighted by Crippen LogP contribution is -2.29. The Bertz CT molecular complexity index is 1370. The Hall–Kier alpha value is -3.36. The van der Waals surface area contributed by atoms with Crippen LogP contribution in [0, 0.1) is 20.8 Å². The highest BCUT2D eigenvalue weighted by Gasteiger charge is 2.21. The maximum atomic E-state index is 13.1. The quantitative estimate of drug-likeness (QED) is 0.419. The zero-order valence-corrected chi connectivity index (χ0v) is 20.6. The van der Waals surface area contributed by atoms with Gasteiger partial charge in [0.1, 0.15) is 0 Å². The highest BCUT2D eigenvalue weighted by molar-refractivity contribution is 5.85. The first kappa shape index (κ1) is 23.4. The van der Waals surface area contributed by atoms with Crippen LogP contribution in [0.1, 0.15) is 46.5 Å². The lowest BCUT2D eigenvalue weighted by atomic mass is 10.0. The molecule has 0 aliphatic carbocycles. The molecule has 0 radical (unpaired) electrons. The third-order valence-corrected chi connectivity index (χ3v) is 6.81. The molecule has 35 heavy (non-hydrogen) atoms. The summed E-state index contributed by atoms with van der Waals surface area (Å²) in [5.41, 5.74) is 6.20. The third kappa shape index (κ3) is 5.33. The van der Waals surface area contributed by atoms with Crippen LogP contribution in [-0.4, -0.2) is 42.8 Å². The number of tetrazole rings is 1. The van der Waals surface area contributed by atoms with Gasteiger partial charge in [-0.2, -0.15) is 0 Å². The van der Waals surface area contributed by atoms with E-state index in [2.05, 4.69) is 69.6 Å². The molecule has 0 spiro atoms. The van der Waals surface area contributed by atoms with Gasteiger partial charge in [0.25, 0.3) is 5.56 Å². The fourth-order valence-corrected chi connectivity index (χ4v) is 4.76. The minimum atomic E-state index is -0.0564. The summed E-state index contributed by atoms with van der Waals surface area (Å²) in [5.74, 6) is 0.775. The van der Waals surface area contributed by atoms with Gasteiger partial charge >= 0.3 is 0 Å². The minimum Gasteiger partial charge on any atom is -0.376 e. The molecular formula is C27H32N6O2. The molecule has 2 aromatic heterocycles. The van der Waals surface area contributed by atoms with Crippen molar-refractivity contribution >= 4 is 10.9 Å². The summed E-state index contributed by atoms with van der Waals surface area (Å²) in [6, 6.07) is 14.7. The number of aryl methyl sites for hydroxylation is 3. The molecule has 1 saturated heterocycles. The Morgan fingerprint density at radius 3 is 2.63 bits per heavy atom. The highest BCUT2D eigenvalue weighted by Crippen LogP contribution is 2.21. The number of pyridine rings is 1. The zero-order valence-electron chi connectivity index (χ0n) is 20.6. The number of H-pyrrole nitrogens is 1. The largest absolute Gasteiger partial charge is 0.376 e. The van der Waals surface area contributed by atoms with Crippen LogP contribution in [0.3, 0.4) is 0 Å². The normalized spacial score (nSPS) is 15.9. The van der Waals surface area contributed by atoms with Gasteiger partial charge in [-0.25, -0.2) is 4.68 Å². The molecule has 0 saturated carbocycles. The van der Waals surface area contributed by atoms with E-state index in [-0.39, 0.29) is 11.7 Å². The summed E-state index contributed by atoms with van der Waals surface area (Å²) >= 11 is 0. The Labute approximate surface area is 204 Å². The van der Waals surface area contributed by atoms with Crippen molar-refractivity contribution in [2.24, 2.45) is 0 Å². The number of hydrogen-bond donors (Lipinski definition) is 1. The van der Waals surface area contributed by atoms with E-state index in [0.29, 0.717) is 26.2 Å². The van der Waals surface area contributed by atoms with Crippen molar-refractivity contribution in [1.82, 2.24) is 30.1 Å². The van der Waals surface area contributed by atoms with Gasteiger partial charge < -0.3 is 9.72 Å². The molecular weight excluding hydrogens is 440 g/mol. The number of nitrogens with one attached hydrogen (secondary N) is 1. The summed E-state index contributed by atoms with van der Waals surface area (Å²) in [6.07, 6.45) is 2.25. The number of ether oxygens (including phenoxy) is 1. The molecule has 1 aliphatic heterocycles. The standard InChI is InChI=1S/C27H32N6O2/c1-18-6-10-21(11-7-18)14-32(17-25-29-30-31-33(25)16-23-5-4-12-35-23)15-22-13-24-19(2)8-9-20(3)26(24)28-27(22)34/h6-11,13,23H,4-5,12,14-17H2,1-3H3,(H,28,34)/t23-/m0/s1. The third-order valence-electron chi connectivity index (χ3n) is 6.81. The smallest absolute Gasteiger partial charge is 0.252 e. The molecule has 182 valence electrons. The number of aromatic amines is 1. The van der Waals surface area contributed by atoms with E-state index in [0.717, 1.165) is 52.9 Å². The molecule has 0 unspecified atom stereocenters. The summed E-state index contributed by atoms with van der Waals surface area (Å²) in [5, 5.41) is 13.5. The molecule has 0 amide bonds. The van der Waals surface area contributed by atoms with Crippen LogP contribution in [-0.2, 0) is 30.9 Å². The van der Waals surface area contributed by atoms with Crippen molar-refractivity contribution in [1.29, 1.82) is 0 Å². The van der Waals surface area contributed by atoms with Gasteiger partial charge in [-0.05, 0) is 66.8 Å². The van der Waals surface area contributed by atoms with Crippen LogP contribution in [0.15, 0.2) is 47.3 Å². The first-order valence-electron chi connectivity index (χ1n) is 12.2. The molecule has 3 heterocycles. The monoisotopic (exact) mass is 472 g/mol. The van der Waals surface area contributed by atoms with Crippen LogP contribution < -0.4 is 5.56 Å². The fraction of sp³-hybridized carbons (Fsp3) is 0.407. The van der Waals surface area contributed by atoms with E-state index in [4.69, 9.17) is 4.74 Å². The topological polar surface area (TPSA) is 88.9 Å².